The van der Waals surface area contributed by atoms with E-state index in [-0.39, 0.29) is 0 Å². The van der Waals surface area contributed by atoms with Gasteiger partial charge in [0.15, 0.2) is 0 Å². The van der Waals surface area contributed by atoms with Crippen LogP contribution in [0.3, 0.4) is 0 Å². The number of nitrogens with two attached hydrogens (primary N) is 1. The van der Waals surface area contributed by atoms with Gasteiger partial charge >= 0.3 is 0 Å². The molecule has 7 heteroatoms. The van der Waals surface area contributed by atoms with Crippen molar-refractivity contribution in [2.75, 3.05) is 7.05 Å². The Morgan fingerprint density at radius 3 is 2.70 bits per heavy atom. The van der Waals surface area contributed by atoms with Crippen molar-refractivity contribution in [2.24, 2.45) is 5.73 Å². The Labute approximate surface area is 177 Å². The second kappa shape index (κ2) is 8.83. The van der Waals surface area contributed by atoms with Crippen molar-refractivity contribution in [2.45, 2.75) is 58.2 Å². The maximum Gasteiger partial charge on any atom is 0.241 e. The summed E-state index contributed by atoms with van der Waals surface area (Å²) in [5.41, 5.74) is 12.6. The zero-order valence-electron chi connectivity index (χ0n) is 17.8. The quantitative estimate of drug-likeness (QED) is 0.589. The molecule has 7 nitrogen and oxygen atoms in total. The molecule has 0 spiro atoms. The number of fused-ring (bicyclic) bond motifs is 1. The third kappa shape index (κ3) is 4.46. The first-order chi connectivity index (χ1) is 14.5. The number of aryl methyl sites for hydroxylation is 1. The van der Waals surface area contributed by atoms with Crippen LogP contribution in [0.25, 0.3) is 11.1 Å². The van der Waals surface area contributed by atoms with E-state index in [2.05, 4.69) is 51.5 Å². The van der Waals surface area contributed by atoms with Crippen molar-refractivity contribution in [1.29, 1.82) is 0 Å². The largest absolute Gasteiger partial charge is 0.368 e. The summed E-state index contributed by atoms with van der Waals surface area (Å²) < 4.78 is 1.60. The number of hydrogen-bond donors (Lipinski definition) is 2. The maximum atomic E-state index is 11.4. The normalized spacial score (nSPS) is 15.0. The lowest BCUT2D eigenvalue weighted by Crippen LogP contribution is -2.24. The number of benzene rings is 1. The molecule has 30 heavy (non-hydrogen) atoms. The maximum absolute atomic E-state index is 11.4. The first-order valence-electron chi connectivity index (χ1n) is 10.7. The molecule has 1 aliphatic rings. The van der Waals surface area contributed by atoms with E-state index in [0.717, 1.165) is 37.1 Å². The van der Waals surface area contributed by atoms with Crippen LogP contribution < -0.4 is 5.73 Å². The molecule has 1 amide bonds. The minimum absolute atomic E-state index is 0.392. The van der Waals surface area contributed by atoms with Gasteiger partial charge in [0, 0.05) is 30.5 Å². The molecule has 0 saturated heterocycles. The van der Waals surface area contributed by atoms with Crippen LogP contribution in [0.15, 0.2) is 36.7 Å². The average Bonchev–Trinajstić information content (AvgIpc) is 3.29. The minimum Gasteiger partial charge on any atom is -0.368 e. The third-order valence-electron chi connectivity index (χ3n) is 5.96. The smallest absolute Gasteiger partial charge is 0.241 e. The molecular formula is C23H30N6O. The van der Waals surface area contributed by atoms with Crippen LogP contribution in [-0.4, -0.2) is 37.8 Å². The van der Waals surface area contributed by atoms with E-state index in [1.54, 1.807) is 17.8 Å². The Bertz CT molecular complexity index is 1000. The molecule has 4 rings (SSSR count). The van der Waals surface area contributed by atoms with Gasteiger partial charge in [0.05, 0.1) is 11.9 Å². The summed E-state index contributed by atoms with van der Waals surface area (Å²) in [4.78, 5) is 13.7. The molecule has 3 aromatic rings. The molecule has 0 aliphatic heterocycles. The Morgan fingerprint density at radius 1 is 1.17 bits per heavy atom. The Hall–Kier alpha value is -2.93. The number of amides is 1. The van der Waals surface area contributed by atoms with E-state index in [1.165, 1.54) is 41.8 Å². The van der Waals surface area contributed by atoms with E-state index < -0.39 is 11.9 Å². The molecule has 0 saturated carbocycles. The van der Waals surface area contributed by atoms with E-state index in [1.807, 2.05) is 6.20 Å². The van der Waals surface area contributed by atoms with E-state index >= 15 is 0 Å². The second-order valence-electron chi connectivity index (χ2n) is 8.34. The van der Waals surface area contributed by atoms with Crippen LogP contribution in [-0.2, 0) is 30.7 Å². The van der Waals surface area contributed by atoms with Gasteiger partial charge in [0.1, 0.15) is 6.04 Å². The number of rotatable bonds is 7. The number of H-pyrrole nitrogens is 1. The lowest BCUT2D eigenvalue weighted by molar-refractivity contribution is -0.120. The molecule has 1 aliphatic carbocycles. The van der Waals surface area contributed by atoms with Gasteiger partial charge in [-0.2, -0.15) is 10.2 Å². The highest BCUT2D eigenvalue weighted by molar-refractivity contribution is 5.78. The van der Waals surface area contributed by atoms with Crippen LogP contribution in [0.5, 0.6) is 0 Å². The molecule has 1 unspecified atom stereocenters. The van der Waals surface area contributed by atoms with Crippen molar-refractivity contribution < 1.29 is 4.79 Å². The zero-order valence-corrected chi connectivity index (χ0v) is 17.8. The van der Waals surface area contributed by atoms with Gasteiger partial charge in [-0.1, -0.05) is 30.7 Å². The van der Waals surface area contributed by atoms with E-state index in [4.69, 9.17) is 5.73 Å². The third-order valence-corrected chi connectivity index (χ3v) is 5.96. The second-order valence-corrected chi connectivity index (χ2v) is 8.34. The summed E-state index contributed by atoms with van der Waals surface area (Å²) in [5, 5.41) is 12.1. The number of nitrogens with one attached hydrogen (secondary N) is 1. The van der Waals surface area contributed by atoms with Gasteiger partial charge in [-0.25, -0.2) is 0 Å². The molecule has 0 fully saturated rings. The highest BCUT2D eigenvalue weighted by Crippen LogP contribution is 2.24. The van der Waals surface area contributed by atoms with Gasteiger partial charge < -0.3 is 5.73 Å². The number of carbonyl (C=O) groups is 1. The fourth-order valence-electron chi connectivity index (χ4n) is 4.11. The molecule has 2 aromatic heterocycles. The number of primary amides is 1. The molecule has 0 bridgehead atoms. The Morgan fingerprint density at radius 2 is 1.93 bits per heavy atom. The highest BCUT2D eigenvalue weighted by atomic mass is 16.1. The lowest BCUT2D eigenvalue weighted by atomic mass is 10.1. The number of aromatic amines is 1. The first kappa shape index (κ1) is 20.3. The van der Waals surface area contributed by atoms with Crippen molar-refractivity contribution >= 4 is 5.91 Å². The molecule has 1 atom stereocenters. The van der Waals surface area contributed by atoms with Crippen molar-refractivity contribution in [3.8, 4) is 11.1 Å². The van der Waals surface area contributed by atoms with Crippen LogP contribution in [0, 0.1) is 0 Å². The first-order valence-corrected chi connectivity index (χ1v) is 10.7. The van der Waals surface area contributed by atoms with Crippen LogP contribution in [0.2, 0.25) is 0 Å². The van der Waals surface area contributed by atoms with E-state index in [9.17, 15) is 4.79 Å². The van der Waals surface area contributed by atoms with Gasteiger partial charge in [-0.05, 0) is 56.3 Å². The minimum atomic E-state index is -0.455. The summed E-state index contributed by atoms with van der Waals surface area (Å²) in [6.07, 6.45) is 9.74. The van der Waals surface area contributed by atoms with Gasteiger partial charge in [0.25, 0.3) is 0 Å². The Balaban J connectivity index is 1.39. The summed E-state index contributed by atoms with van der Waals surface area (Å²) in [6.45, 7) is 3.46. The van der Waals surface area contributed by atoms with Gasteiger partial charge in [-0.3, -0.25) is 19.5 Å². The van der Waals surface area contributed by atoms with E-state index in [0.29, 0.717) is 0 Å². The molecule has 0 radical (unpaired) electrons. The summed E-state index contributed by atoms with van der Waals surface area (Å²) in [5.74, 6) is -0.392. The van der Waals surface area contributed by atoms with Crippen molar-refractivity contribution in [3.63, 3.8) is 0 Å². The lowest BCUT2D eigenvalue weighted by Gasteiger charge is -2.16. The summed E-state index contributed by atoms with van der Waals surface area (Å²) >= 11 is 0. The SMILES string of the molecule is CC(C(N)=O)n1cc(-c2ccc(CN(C)Cc3n[nH]c4c3CCCCC4)cc2)cn1. The zero-order chi connectivity index (χ0) is 21.1. The van der Waals surface area contributed by atoms with Crippen LogP contribution >= 0.6 is 0 Å². The summed E-state index contributed by atoms with van der Waals surface area (Å²) in [7, 11) is 2.14. The molecule has 3 N–H and O–H groups in total. The topological polar surface area (TPSA) is 92.8 Å². The Kier molecular flexibility index (Phi) is 5.99. The molecule has 2 heterocycles. The van der Waals surface area contributed by atoms with Gasteiger partial charge in [-0.15, -0.1) is 0 Å². The van der Waals surface area contributed by atoms with Crippen molar-refractivity contribution in [3.05, 3.63) is 59.2 Å². The number of hydrogen-bond acceptors (Lipinski definition) is 4. The monoisotopic (exact) mass is 406 g/mol. The van der Waals surface area contributed by atoms with Crippen molar-refractivity contribution in [1.82, 2.24) is 24.9 Å². The average molecular weight is 407 g/mol. The predicted octanol–water partition coefficient (Wildman–Crippen LogP) is 3.22. The molecular weight excluding hydrogens is 376 g/mol. The van der Waals surface area contributed by atoms with Crippen LogP contribution in [0.4, 0.5) is 0 Å². The molecule has 158 valence electrons. The number of aromatic nitrogens is 4. The van der Waals surface area contributed by atoms with Gasteiger partial charge in [0.2, 0.25) is 5.91 Å². The standard InChI is InChI=1S/C23H30N6O/c1-16(23(24)30)29-14-19(12-25-29)18-10-8-17(9-11-18)13-28(2)15-22-20-6-4-3-5-7-21(20)26-27-22/h8-12,14,16H,3-7,13,15H2,1-2H3,(H2,24,30)(H,26,27). The predicted molar refractivity (Wildman–Crippen MR) is 117 cm³/mol. The van der Waals surface area contributed by atoms with Crippen LogP contribution in [0.1, 0.15) is 54.7 Å². The highest BCUT2D eigenvalue weighted by Gasteiger charge is 2.17. The molecule has 1 aromatic carbocycles. The fraction of sp³-hybridized carbons (Fsp3) is 0.435. The fourth-order valence-corrected chi connectivity index (χ4v) is 4.11. The number of nitrogens with zero attached hydrogens (tertiary/aromatic N) is 4. The number of carbonyl (C=O) groups excluding carboxylic acids is 1. The summed E-state index contributed by atoms with van der Waals surface area (Å²) in [6, 6.07) is 8.03.